The van der Waals surface area contributed by atoms with Crippen LogP contribution in [0.4, 0.5) is 10.1 Å². The molecule has 0 aliphatic carbocycles. The van der Waals surface area contributed by atoms with Crippen LogP contribution in [0.2, 0.25) is 0 Å². The summed E-state index contributed by atoms with van der Waals surface area (Å²) in [7, 11) is 0. The van der Waals surface area contributed by atoms with E-state index in [0.717, 1.165) is 31.6 Å². The highest BCUT2D eigenvalue weighted by atomic mass is 19.1. The van der Waals surface area contributed by atoms with Crippen LogP contribution in [0.25, 0.3) is 0 Å². The molecular weight excluding hydrogens is 233 g/mol. The van der Waals surface area contributed by atoms with E-state index >= 15 is 0 Å². The summed E-state index contributed by atoms with van der Waals surface area (Å²) in [5.74, 6) is -1.17. The van der Waals surface area contributed by atoms with Gasteiger partial charge in [-0.15, -0.1) is 0 Å². The van der Waals surface area contributed by atoms with E-state index in [-0.39, 0.29) is 5.56 Å². The fraction of sp³-hybridized carbons (Fsp3) is 0.500. The van der Waals surface area contributed by atoms with Crippen molar-refractivity contribution < 1.29 is 14.3 Å². The molecule has 3 nitrogen and oxygen atoms in total. The average molecular weight is 251 g/mol. The molecule has 2 rings (SSSR count). The highest BCUT2D eigenvalue weighted by Gasteiger charge is 2.16. The fourth-order valence-electron chi connectivity index (χ4n) is 2.40. The molecule has 1 atom stereocenters. The minimum Gasteiger partial charge on any atom is -0.478 e. The van der Waals surface area contributed by atoms with Gasteiger partial charge in [0.1, 0.15) is 5.82 Å². The quantitative estimate of drug-likeness (QED) is 0.877. The Kier molecular flexibility index (Phi) is 3.84. The summed E-state index contributed by atoms with van der Waals surface area (Å²) >= 11 is 0. The largest absolute Gasteiger partial charge is 0.478 e. The molecule has 1 aliphatic heterocycles. The Morgan fingerprint density at radius 2 is 2.17 bits per heavy atom. The number of hydrogen-bond acceptors (Lipinski definition) is 2. The second-order valence-electron chi connectivity index (χ2n) is 4.99. The lowest BCUT2D eigenvalue weighted by Gasteiger charge is -2.23. The van der Waals surface area contributed by atoms with E-state index < -0.39 is 11.8 Å². The van der Waals surface area contributed by atoms with E-state index in [1.807, 2.05) is 0 Å². The van der Waals surface area contributed by atoms with Gasteiger partial charge in [0.15, 0.2) is 0 Å². The fourth-order valence-corrected chi connectivity index (χ4v) is 2.40. The summed E-state index contributed by atoms with van der Waals surface area (Å²) in [6.07, 6.45) is 3.40. The van der Waals surface area contributed by atoms with Gasteiger partial charge in [-0.3, -0.25) is 0 Å². The molecule has 0 bridgehead atoms. The van der Waals surface area contributed by atoms with Gasteiger partial charge in [0.05, 0.1) is 5.56 Å². The molecule has 4 heteroatoms. The lowest BCUT2D eigenvalue weighted by Crippen LogP contribution is -2.24. The van der Waals surface area contributed by atoms with Crippen LogP contribution in [0, 0.1) is 11.7 Å². The molecular formula is C14H18FNO2. The van der Waals surface area contributed by atoms with Gasteiger partial charge >= 0.3 is 5.97 Å². The van der Waals surface area contributed by atoms with Gasteiger partial charge in [0.2, 0.25) is 0 Å². The van der Waals surface area contributed by atoms with Crippen molar-refractivity contribution in [3.8, 4) is 0 Å². The van der Waals surface area contributed by atoms with Crippen molar-refractivity contribution in [2.24, 2.45) is 5.92 Å². The van der Waals surface area contributed by atoms with E-state index in [2.05, 4.69) is 11.8 Å². The third kappa shape index (κ3) is 2.81. The molecule has 0 aromatic heterocycles. The molecule has 1 fully saturated rings. The van der Waals surface area contributed by atoms with Crippen LogP contribution in [0.3, 0.4) is 0 Å². The molecule has 1 N–H and O–H groups in total. The Morgan fingerprint density at radius 1 is 1.39 bits per heavy atom. The first kappa shape index (κ1) is 12.9. The SMILES string of the molecule is CC1CCCN(c2ccc(C(=O)O)c(F)c2)CC1. The Morgan fingerprint density at radius 3 is 2.83 bits per heavy atom. The third-order valence-electron chi connectivity index (χ3n) is 3.56. The summed E-state index contributed by atoms with van der Waals surface area (Å²) in [5, 5.41) is 8.79. The number of carboxylic acids is 1. The monoisotopic (exact) mass is 251 g/mol. The highest BCUT2D eigenvalue weighted by Crippen LogP contribution is 2.24. The van der Waals surface area contributed by atoms with Crippen LogP contribution in [0.15, 0.2) is 18.2 Å². The van der Waals surface area contributed by atoms with Crippen molar-refractivity contribution in [3.05, 3.63) is 29.6 Å². The molecule has 1 saturated heterocycles. The molecule has 1 unspecified atom stereocenters. The van der Waals surface area contributed by atoms with Crippen LogP contribution >= 0.6 is 0 Å². The second-order valence-corrected chi connectivity index (χ2v) is 4.99. The Balaban J connectivity index is 2.18. The van der Waals surface area contributed by atoms with Crippen molar-refractivity contribution in [1.29, 1.82) is 0 Å². The van der Waals surface area contributed by atoms with Crippen molar-refractivity contribution >= 4 is 11.7 Å². The number of benzene rings is 1. The molecule has 0 saturated carbocycles. The van der Waals surface area contributed by atoms with Crippen LogP contribution in [-0.4, -0.2) is 24.2 Å². The number of halogens is 1. The Hall–Kier alpha value is -1.58. The molecule has 0 spiro atoms. The molecule has 1 heterocycles. The highest BCUT2D eigenvalue weighted by molar-refractivity contribution is 5.88. The zero-order valence-corrected chi connectivity index (χ0v) is 10.5. The Bertz CT molecular complexity index is 447. The summed E-state index contributed by atoms with van der Waals surface area (Å²) in [4.78, 5) is 12.9. The zero-order chi connectivity index (χ0) is 13.1. The van der Waals surface area contributed by atoms with Gasteiger partial charge in [0, 0.05) is 18.8 Å². The summed E-state index contributed by atoms with van der Waals surface area (Å²) in [6.45, 7) is 4.06. The number of carbonyl (C=O) groups is 1. The summed E-state index contributed by atoms with van der Waals surface area (Å²) in [5.41, 5.74) is 0.522. The maximum absolute atomic E-state index is 13.6. The van der Waals surface area contributed by atoms with Gasteiger partial charge in [-0.2, -0.15) is 0 Å². The zero-order valence-electron chi connectivity index (χ0n) is 10.5. The van der Waals surface area contributed by atoms with Crippen LogP contribution < -0.4 is 4.90 Å². The summed E-state index contributed by atoms with van der Waals surface area (Å²) < 4.78 is 13.6. The second kappa shape index (κ2) is 5.38. The molecule has 1 aliphatic rings. The lowest BCUT2D eigenvalue weighted by atomic mass is 10.0. The van der Waals surface area contributed by atoms with E-state index in [1.165, 1.54) is 18.6 Å². The molecule has 1 aromatic carbocycles. The number of rotatable bonds is 2. The number of anilines is 1. The predicted octanol–water partition coefficient (Wildman–Crippen LogP) is 3.15. The van der Waals surface area contributed by atoms with Crippen molar-refractivity contribution in [1.82, 2.24) is 0 Å². The standard InChI is InChI=1S/C14H18FNO2/c1-10-3-2-7-16(8-6-10)11-4-5-12(14(17)18)13(15)9-11/h4-5,9-10H,2-3,6-8H2,1H3,(H,17,18). The first-order valence-electron chi connectivity index (χ1n) is 6.35. The minimum absolute atomic E-state index is 0.262. The van der Waals surface area contributed by atoms with E-state index in [9.17, 15) is 9.18 Å². The topological polar surface area (TPSA) is 40.5 Å². The van der Waals surface area contributed by atoms with E-state index in [1.54, 1.807) is 6.07 Å². The molecule has 0 amide bonds. The molecule has 18 heavy (non-hydrogen) atoms. The number of hydrogen-bond donors (Lipinski definition) is 1. The molecule has 0 radical (unpaired) electrons. The van der Waals surface area contributed by atoms with Gasteiger partial charge in [0.25, 0.3) is 0 Å². The third-order valence-corrected chi connectivity index (χ3v) is 3.56. The first-order valence-corrected chi connectivity index (χ1v) is 6.35. The lowest BCUT2D eigenvalue weighted by molar-refractivity contribution is 0.0692. The minimum atomic E-state index is -1.22. The van der Waals surface area contributed by atoms with Crippen molar-refractivity contribution in [2.75, 3.05) is 18.0 Å². The van der Waals surface area contributed by atoms with Crippen LogP contribution in [0.5, 0.6) is 0 Å². The maximum atomic E-state index is 13.6. The van der Waals surface area contributed by atoms with Gasteiger partial charge in [-0.1, -0.05) is 6.92 Å². The molecule has 1 aromatic rings. The number of aromatic carboxylic acids is 1. The molecule has 98 valence electrons. The van der Waals surface area contributed by atoms with E-state index in [0.29, 0.717) is 5.92 Å². The van der Waals surface area contributed by atoms with Gasteiger partial charge < -0.3 is 10.0 Å². The van der Waals surface area contributed by atoms with Crippen molar-refractivity contribution in [2.45, 2.75) is 26.2 Å². The van der Waals surface area contributed by atoms with Gasteiger partial charge in [-0.25, -0.2) is 9.18 Å². The summed E-state index contributed by atoms with van der Waals surface area (Å²) in [6, 6.07) is 4.38. The smallest absolute Gasteiger partial charge is 0.338 e. The van der Waals surface area contributed by atoms with Gasteiger partial charge in [-0.05, 0) is 43.4 Å². The number of carboxylic acid groups (broad SMARTS) is 1. The first-order chi connectivity index (χ1) is 8.58. The predicted molar refractivity (Wildman–Crippen MR) is 68.6 cm³/mol. The van der Waals surface area contributed by atoms with Crippen molar-refractivity contribution in [3.63, 3.8) is 0 Å². The maximum Gasteiger partial charge on any atom is 0.338 e. The normalized spacial score (nSPS) is 20.6. The number of nitrogens with zero attached hydrogens (tertiary/aromatic N) is 1. The average Bonchev–Trinajstić information content (AvgIpc) is 2.53. The Labute approximate surface area is 106 Å². The van der Waals surface area contributed by atoms with E-state index in [4.69, 9.17) is 5.11 Å². The van der Waals surface area contributed by atoms with Crippen LogP contribution in [0.1, 0.15) is 36.5 Å². The van der Waals surface area contributed by atoms with Crippen LogP contribution in [-0.2, 0) is 0 Å².